The van der Waals surface area contributed by atoms with E-state index in [9.17, 15) is 13.2 Å². The van der Waals surface area contributed by atoms with Crippen molar-refractivity contribution in [1.29, 1.82) is 0 Å². The van der Waals surface area contributed by atoms with Crippen LogP contribution in [0.15, 0.2) is 52.2 Å². The van der Waals surface area contributed by atoms with Gasteiger partial charge in [0.1, 0.15) is 6.26 Å². The largest absolute Gasteiger partial charge is 0.472 e. The maximum Gasteiger partial charge on any atom is 0.260 e. The Kier molecular flexibility index (Phi) is 5.29. The van der Waals surface area contributed by atoms with Gasteiger partial charge in [0, 0.05) is 17.8 Å². The monoisotopic (exact) mass is 445 g/mol. The van der Waals surface area contributed by atoms with Gasteiger partial charge < -0.3 is 4.42 Å². The summed E-state index contributed by atoms with van der Waals surface area (Å²) in [7, 11) is -3.60. The summed E-state index contributed by atoms with van der Waals surface area (Å²) < 4.78 is 32.7. The van der Waals surface area contributed by atoms with Crippen LogP contribution in [-0.4, -0.2) is 30.2 Å². The minimum absolute atomic E-state index is 0.0394. The fraction of sp³-hybridized carbons (Fsp3) is 0.333. The van der Waals surface area contributed by atoms with Crippen LogP contribution in [-0.2, 0) is 28.4 Å². The Morgan fingerprint density at radius 2 is 1.93 bits per heavy atom. The molecule has 0 fully saturated rings. The van der Waals surface area contributed by atoms with Gasteiger partial charge in [-0.2, -0.15) is 4.31 Å². The smallest absolute Gasteiger partial charge is 0.260 e. The Labute approximate surface area is 179 Å². The molecular formula is C21H23N3O4S2. The quantitative estimate of drug-likeness (QED) is 0.654. The molecule has 1 aliphatic rings. The number of aromatic nitrogens is 1. The first-order chi connectivity index (χ1) is 14.1. The molecule has 158 valence electrons. The molecule has 0 aliphatic carbocycles. The van der Waals surface area contributed by atoms with Crippen LogP contribution in [0.25, 0.3) is 0 Å². The SMILES string of the molecule is CC(C)(C)c1ccc(S(=O)(=O)N2CCc3nc(NC(=O)c4ccoc4)sc3C2)cc1. The highest BCUT2D eigenvalue weighted by Gasteiger charge is 2.31. The average Bonchev–Trinajstić information content (AvgIpc) is 3.36. The number of hydrogen-bond donors (Lipinski definition) is 1. The number of nitrogens with one attached hydrogen (secondary N) is 1. The molecule has 0 radical (unpaired) electrons. The van der Waals surface area contributed by atoms with Crippen molar-refractivity contribution in [2.75, 3.05) is 11.9 Å². The van der Waals surface area contributed by atoms with Crippen molar-refractivity contribution in [3.63, 3.8) is 0 Å². The molecule has 0 atom stereocenters. The molecule has 1 N–H and O–H groups in total. The lowest BCUT2D eigenvalue weighted by atomic mass is 9.87. The Balaban J connectivity index is 1.51. The molecule has 9 heteroatoms. The van der Waals surface area contributed by atoms with Crippen molar-refractivity contribution in [3.8, 4) is 0 Å². The van der Waals surface area contributed by atoms with Crippen LogP contribution >= 0.6 is 11.3 Å². The zero-order valence-electron chi connectivity index (χ0n) is 17.0. The van der Waals surface area contributed by atoms with Gasteiger partial charge >= 0.3 is 0 Å². The number of rotatable bonds is 4. The van der Waals surface area contributed by atoms with E-state index in [4.69, 9.17) is 4.42 Å². The number of carbonyl (C=O) groups excluding carboxylic acids is 1. The Morgan fingerprint density at radius 3 is 2.57 bits per heavy atom. The van der Waals surface area contributed by atoms with E-state index < -0.39 is 10.0 Å². The molecule has 30 heavy (non-hydrogen) atoms. The molecular weight excluding hydrogens is 422 g/mol. The molecule has 0 saturated carbocycles. The van der Waals surface area contributed by atoms with Crippen LogP contribution in [0.1, 0.15) is 47.3 Å². The van der Waals surface area contributed by atoms with Gasteiger partial charge in [0.25, 0.3) is 5.91 Å². The fourth-order valence-electron chi connectivity index (χ4n) is 3.27. The third kappa shape index (κ3) is 4.05. The molecule has 3 heterocycles. The normalized spacial score (nSPS) is 15.0. The zero-order chi connectivity index (χ0) is 21.5. The molecule has 1 aliphatic heterocycles. The standard InChI is InChI=1S/C21H23N3O4S2/c1-21(2,3)15-4-6-16(7-5-15)30(26,27)24-10-8-17-18(12-24)29-20(22-17)23-19(25)14-9-11-28-13-14/h4-7,9,11,13H,8,10,12H2,1-3H3,(H,22,23,25). The van der Waals surface area contributed by atoms with Gasteiger partial charge in [0.15, 0.2) is 5.13 Å². The van der Waals surface area contributed by atoms with E-state index in [-0.39, 0.29) is 22.8 Å². The third-order valence-electron chi connectivity index (χ3n) is 5.06. The average molecular weight is 446 g/mol. The van der Waals surface area contributed by atoms with Gasteiger partial charge in [-0.3, -0.25) is 10.1 Å². The molecule has 0 unspecified atom stereocenters. The summed E-state index contributed by atoms with van der Waals surface area (Å²) in [4.78, 5) is 17.8. The summed E-state index contributed by atoms with van der Waals surface area (Å²) in [5.41, 5.74) is 2.29. The van der Waals surface area contributed by atoms with Gasteiger partial charge in [-0.25, -0.2) is 13.4 Å². The molecule has 0 bridgehead atoms. The second-order valence-corrected chi connectivity index (χ2v) is 11.2. The first kappa shape index (κ1) is 20.8. The lowest BCUT2D eigenvalue weighted by Gasteiger charge is -2.26. The molecule has 0 spiro atoms. The molecule has 2 aromatic heterocycles. The van der Waals surface area contributed by atoms with E-state index in [1.807, 2.05) is 12.1 Å². The van der Waals surface area contributed by atoms with Gasteiger partial charge in [-0.05, 0) is 29.2 Å². The number of hydrogen-bond acceptors (Lipinski definition) is 6. The predicted octanol–water partition coefficient (Wildman–Crippen LogP) is 4.03. The van der Waals surface area contributed by atoms with Crippen molar-refractivity contribution in [2.45, 2.75) is 44.0 Å². The summed E-state index contributed by atoms with van der Waals surface area (Å²) in [6.45, 7) is 6.88. The van der Waals surface area contributed by atoms with Crippen LogP contribution in [0, 0.1) is 0 Å². The van der Waals surface area contributed by atoms with Crippen molar-refractivity contribution < 1.29 is 17.6 Å². The minimum atomic E-state index is -3.60. The summed E-state index contributed by atoms with van der Waals surface area (Å²) in [5, 5.41) is 3.21. The highest BCUT2D eigenvalue weighted by Crippen LogP contribution is 2.32. The summed E-state index contributed by atoms with van der Waals surface area (Å²) in [6.07, 6.45) is 3.30. The summed E-state index contributed by atoms with van der Waals surface area (Å²) in [6, 6.07) is 8.67. The van der Waals surface area contributed by atoms with Crippen molar-refractivity contribution >= 4 is 32.4 Å². The highest BCUT2D eigenvalue weighted by molar-refractivity contribution is 7.89. The number of fused-ring (bicyclic) bond motifs is 1. The number of carbonyl (C=O) groups is 1. The van der Waals surface area contributed by atoms with E-state index in [2.05, 4.69) is 31.1 Å². The first-order valence-electron chi connectivity index (χ1n) is 9.57. The van der Waals surface area contributed by atoms with Gasteiger partial charge in [-0.15, -0.1) is 11.3 Å². The van der Waals surface area contributed by atoms with E-state index in [1.165, 1.54) is 28.2 Å². The maximum atomic E-state index is 13.1. The number of nitrogens with zero attached hydrogens (tertiary/aromatic N) is 2. The third-order valence-corrected chi connectivity index (χ3v) is 7.92. The number of amides is 1. The van der Waals surface area contributed by atoms with Crippen molar-refractivity contribution in [1.82, 2.24) is 9.29 Å². The van der Waals surface area contributed by atoms with E-state index >= 15 is 0 Å². The lowest BCUT2D eigenvalue weighted by molar-refractivity contribution is 0.102. The number of furan rings is 1. The molecule has 4 rings (SSSR count). The molecule has 1 aromatic carbocycles. The minimum Gasteiger partial charge on any atom is -0.472 e. The topological polar surface area (TPSA) is 92.5 Å². The second-order valence-electron chi connectivity index (χ2n) is 8.22. The second kappa shape index (κ2) is 7.64. The van der Waals surface area contributed by atoms with Gasteiger partial charge in [0.2, 0.25) is 10.0 Å². The summed E-state index contributed by atoms with van der Waals surface area (Å²) in [5.74, 6) is -0.307. The van der Waals surface area contributed by atoms with Crippen LogP contribution in [0.5, 0.6) is 0 Å². The number of benzene rings is 1. The Morgan fingerprint density at radius 1 is 1.20 bits per heavy atom. The van der Waals surface area contributed by atoms with E-state index in [1.54, 1.807) is 18.2 Å². The number of sulfonamides is 1. The van der Waals surface area contributed by atoms with Crippen LogP contribution in [0.2, 0.25) is 0 Å². The number of thiazole rings is 1. The Bertz CT molecular complexity index is 1160. The van der Waals surface area contributed by atoms with Gasteiger partial charge in [-0.1, -0.05) is 32.9 Å². The zero-order valence-corrected chi connectivity index (χ0v) is 18.6. The number of anilines is 1. The fourth-order valence-corrected chi connectivity index (χ4v) is 5.78. The highest BCUT2D eigenvalue weighted by atomic mass is 32.2. The lowest BCUT2D eigenvalue weighted by Crippen LogP contribution is -2.35. The maximum absolute atomic E-state index is 13.1. The predicted molar refractivity (Wildman–Crippen MR) is 115 cm³/mol. The Hall–Kier alpha value is -2.49. The first-order valence-corrected chi connectivity index (χ1v) is 11.8. The summed E-state index contributed by atoms with van der Waals surface area (Å²) >= 11 is 1.30. The van der Waals surface area contributed by atoms with Crippen LogP contribution < -0.4 is 5.32 Å². The van der Waals surface area contributed by atoms with Crippen LogP contribution in [0.4, 0.5) is 5.13 Å². The molecule has 3 aromatic rings. The van der Waals surface area contributed by atoms with Gasteiger partial charge in [0.05, 0.1) is 29.0 Å². The van der Waals surface area contributed by atoms with E-state index in [0.717, 1.165) is 16.1 Å². The van der Waals surface area contributed by atoms with Crippen molar-refractivity contribution in [2.24, 2.45) is 0 Å². The molecule has 7 nitrogen and oxygen atoms in total. The van der Waals surface area contributed by atoms with E-state index in [0.29, 0.717) is 23.7 Å². The molecule has 1 amide bonds. The molecule has 0 saturated heterocycles. The van der Waals surface area contributed by atoms with Crippen molar-refractivity contribution in [3.05, 3.63) is 64.6 Å². The van der Waals surface area contributed by atoms with Crippen LogP contribution in [0.3, 0.4) is 0 Å².